The van der Waals surface area contributed by atoms with Crippen LogP contribution in [0.1, 0.15) is 31.7 Å². The van der Waals surface area contributed by atoms with Gasteiger partial charge in [0.1, 0.15) is 6.04 Å². The molecule has 1 aromatic rings. The Kier molecular flexibility index (Phi) is 5.35. The Hall–Kier alpha value is -1.62. The highest BCUT2D eigenvalue weighted by molar-refractivity contribution is 5.75. The van der Waals surface area contributed by atoms with Gasteiger partial charge >= 0.3 is 5.97 Å². The minimum absolute atomic E-state index is 0.116. The lowest BCUT2D eigenvalue weighted by Gasteiger charge is -2.34. The highest BCUT2D eigenvalue weighted by Gasteiger charge is 2.30. The number of ether oxygens (including phenoxy) is 2. The van der Waals surface area contributed by atoms with Crippen LogP contribution in [0, 0.1) is 0 Å². The van der Waals surface area contributed by atoms with Crippen molar-refractivity contribution in [2.24, 2.45) is 0 Å². The van der Waals surface area contributed by atoms with Crippen LogP contribution in [-0.2, 0) is 16.1 Å². The second-order valence-corrected chi connectivity index (χ2v) is 4.91. The summed E-state index contributed by atoms with van der Waals surface area (Å²) in [5.41, 5.74) is 1.01. The van der Waals surface area contributed by atoms with Crippen molar-refractivity contribution in [1.29, 1.82) is 0 Å². The van der Waals surface area contributed by atoms with E-state index in [0.717, 1.165) is 31.4 Å². The van der Waals surface area contributed by atoms with Gasteiger partial charge in [-0.2, -0.15) is 0 Å². The van der Waals surface area contributed by atoms with Gasteiger partial charge in [0.2, 0.25) is 5.88 Å². The Morgan fingerprint density at radius 3 is 3.10 bits per heavy atom. The summed E-state index contributed by atoms with van der Waals surface area (Å²) in [4.78, 5) is 18.4. The first-order valence-corrected chi connectivity index (χ1v) is 7.14. The van der Waals surface area contributed by atoms with Crippen LogP contribution in [0.3, 0.4) is 0 Å². The molecular formula is C15H22N2O3. The highest BCUT2D eigenvalue weighted by Crippen LogP contribution is 2.23. The summed E-state index contributed by atoms with van der Waals surface area (Å²) in [5, 5.41) is 0. The van der Waals surface area contributed by atoms with Crippen LogP contribution in [0.2, 0.25) is 0 Å². The maximum Gasteiger partial charge on any atom is 0.323 e. The van der Waals surface area contributed by atoms with Crippen LogP contribution in [-0.4, -0.2) is 42.2 Å². The fraction of sp³-hybridized carbons (Fsp3) is 0.600. The van der Waals surface area contributed by atoms with Crippen molar-refractivity contribution in [2.75, 3.05) is 20.3 Å². The molecule has 0 spiro atoms. The first kappa shape index (κ1) is 14.8. The van der Waals surface area contributed by atoms with Crippen molar-refractivity contribution in [3.05, 3.63) is 23.9 Å². The molecule has 20 heavy (non-hydrogen) atoms. The third-order valence-electron chi connectivity index (χ3n) is 3.59. The fourth-order valence-corrected chi connectivity index (χ4v) is 2.63. The van der Waals surface area contributed by atoms with E-state index in [4.69, 9.17) is 9.47 Å². The molecule has 0 bridgehead atoms. The molecule has 2 rings (SSSR count). The molecule has 0 amide bonds. The third kappa shape index (κ3) is 3.48. The SMILES string of the molecule is CCOC(=O)C1CCCCN1Cc1cccnc1OC. The lowest BCUT2D eigenvalue weighted by atomic mass is 10.0. The van der Waals surface area contributed by atoms with E-state index in [9.17, 15) is 4.79 Å². The quantitative estimate of drug-likeness (QED) is 0.771. The molecule has 1 unspecified atom stereocenters. The Labute approximate surface area is 119 Å². The van der Waals surface area contributed by atoms with Crippen molar-refractivity contribution < 1.29 is 14.3 Å². The first-order valence-electron chi connectivity index (χ1n) is 7.14. The fourth-order valence-electron chi connectivity index (χ4n) is 2.63. The van der Waals surface area contributed by atoms with Crippen molar-refractivity contribution in [3.63, 3.8) is 0 Å². The molecule has 0 radical (unpaired) electrons. The molecule has 110 valence electrons. The highest BCUT2D eigenvalue weighted by atomic mass is 16.5. The van der Waals surface area contributed by atoms with Gasteiger partial charge in [-0.05, 0) is 32.4 Å². The average molecular weight is 278 g/mol. The number of aromatic nitrogens is 1. The molecule has 1 atom stereocenters. The molecular weight excluding hydrogens is 256 g/mol. The predicted octanol–water partition coefficient (Wildman–Crippen LogP) is 2.01. The first-order chi connectivity index (χ1) is 9.76. The monoisotopic (exact) mass is 278 g/mol. The maximum atomic E-state index is 12.0. The molecule has 5 heteroatoms. The topological polar surface area (TPSA) is 51.7 Å². The molecule has 5 nitrogen and oxygen atoms in total. The molecule has 2 heterocycles. The number of piperidine rings is 1. The van der Waals surface area contributed by atoms with Crippen LogP contribution in [0.4, 0.5) is 0 Å². The van der Waals surface area contributed by atoms with Crippen LogP contribution < -0.4 is 4.74 Å². The van der Waals surface area contributed by atoms with E-state index in [0.29, 0.717) is 19.0 Å². The number of methoxy groups -OCH3 is 1. The molecule has 1 saturated heterocycles. The van der Waals surface area contributed by atoms with E-state index in [1.807, 2.05) is 19.1 Å². The van der Waals surface area contributed by atoms with Gasteiger partial charge in [-0.25, -0.2) is 4.98 Å². The van der Waals surface area contributed by atoms with Crippen LogP contribution in [0.25, 0.3) is 0 Å². The molecule has 0 saturated carbocycles. The Balaban J connectivity index is 2.10. The normalized spacial score (nSPS) is 19.6. The van der Waals surface area contributed by atoms with Crippen molar-refractivity contribution in [1.82, 2.24) is 9.88 Å². The number of likely N-dealkylation sites (tertiary alicyclic amines) is 1. The lowest BCUT2D eigenvalue weighted by molar-refractivity contribution is -0.151. The van der Waals surface area contributed by atoms with Crippen LogP contribution >= 0.6 is 0 Å². The van der Waals surface area contributed by atoms with Gasteiger partial charge in [0, 0.05) is 18.3 Å². The van der Waals surface area contributed by atoms with E-state index in [2.05, 4.69) is 9.88 Å². The number of carbonyl (C=O) groups excluding carboxylic acids is 1. The zero-order valence-electron chi connectivity index (χ0n) is 12.2. The average Bonchev–Trinajstić information content (AvgIpc) is 2.48. The second kappa shape index (κ2) is 7.24. The number of hydrogen-bond acceptors (Lipinski definition) is 5. The van der Waals surface area contributed by atoms with Gasteiger partial charge in [0.05, 0.1) is 13.7 Å². The van der Waals surface area contributed by atoms with E-state index < -0.39 is 0 Å². The maximum absolute atomic E-state index is 12.0. The number of carbonyl (C=O) groups is 1. The van der Waals surface area contributed by atoms with E-state index in [1.54, 1.807) is 13.3 Å². The van der Waals surface area contributed by atoms with E-state index >= 15 is 0 Å². The van der Waals surface area contributed by atoms with Crippen LogP contribution in [0.5, 0.6) is 5.88 Å². The number of rotatable bonds is 5. The van der Waals surface area contributed by atoms with Crippen LogP contribution in [0.15, 0.2) is 18.3 Å². The molecule has 0 N–H and O–H groups in total. The number of hydrogen-bond donors (Lipinski definition) is 0. The molecule has 1 aliphatic rings. The number of nitrogens with zero attached hydrogens (tertiary/aromatic N) is 2. The zero-order valence-corrected chi connectivity index (χ0v) is 12.2. The van der Waals surface area contributed by atoms with Gasteiger partial charge in [-0.1, -0.05) is 12.5 Å². The predicted molar refractivity (Wildman–Crippen MR) is 75.5 cm³/mol. The summed E-state index contributed by atoms with van der Waals surface area (Å²) < 4.78 is 10.5. The molecule has 1 aliphatic heterocycles. The zero-order chi connectivity index (χ0) is 14.4. The molecule has 1 fully saturated rings. The largest absolute Gasteiger partial charge is 0.481 e. The summed E-state index contributed by atoms with van der Waals surface area (Å²) in [6.07, 6.45) is 4.76. The summed E-state index contributed by atoms with van der Waals surface area (Å²) in [5.74, 6) is 0.510. The minimum Gasteiger partial charge on any atom is -0.481 e. The number of esters is 1. The van der Waals surface area contributed by atoms with Gasteiger partial charge in [-0.15, -0.1) is 0 Å². The molecule has 0 aliphatic carbocycles. The smallest absolute Gasteiger partial charge is 0.323 e. The van der Waals surface area contributed by atoms with Crippen molar-refractivity contribution in [2.45, 2.75) is 38.8 Å². The Bertz CT molecular complexity index is 450. The third-order valence-corrected chi connectivity index (χ3v) is 3.59. The Morgan fingerprint density at radius 2 is 2.35 bits per heavy atom. The molecule has 1 aromatic heterocycles. The summed E-state index contributed by atoms with van der Waals surface area (Å²) in [6.45, 7) is 3.84. The summed E-state index contributed by atoms with van der Waals surface area (Å²) >= 11 is 0. The Morgan fingerprint density at radius 1 is 1.50 bits per heavy atom. The summed E-state index contributed by atoms with van der Waals surface area (Å²) in [7, 11) is 1.62. The second-order valence-electron chi connectivity index (χ2n) is 4.91. The molecule has 0 aromatic carbocycles. The van der Waals surface area contributed by atoms with Crippen molar-refractivity contribution in [3.8, 4) is 5.88 Å². The van der Waals surface area contributed by atoms with Gasteiger partial charge in [0.25, 0.3) is 0 Å². The minimum atomic E-state index is -0.145. The summed E-state index contributed by atoms with van der Waals surface area (Å²) in [6, 6.07) is 3.73. The van der Waals surface area contributed by atoms with Gasteiger partial charge < -0.3 is 9.47 Å². The lowest BCUT2D eigenvalue weighted by Crippen LogP contribution is -2.45. The van der Waals surface area contributed by atoms with E-state index in [1.165, 1.54) is 0 Å². The van der Waals surface area contributed by atoms with Gasteiger partial charge in [-0.3, -0.25) is 9.69 Å². The van der Waals surface area contributed by atoms with Gasteiger partial charge in [0.15, 0.2) is 0 Å². The van der Waals surface area contributed by atoms with E-state index in [-0.39, 0.29) is 12.0 Å². The van der Waals surface area contributed by atoms with Crippen molar-refractivity contribution >= 4 is 5.97 Å². The standard InChI is InChI=1S/C15H22N2O3/c1-3-20-15(18)13-8-4-5-10-17(13)11-12-7-6-9-16-14(12)19-2/h6-7,9,13H,3-5,8,10-11H2,1-2H3. The number of pyridine rings is 1.